The van der Waals surface area contributed by atoms with Crippen LogP contribution in [0, 0.1) is 6.92 Å². The van der Waals surface area contributed by atoms with Gasteiger partial charge in [-0.05, 0) is 65.8 Å². The lowest BCUT2D eigenvalue weighted by Gasteiger charge is -2.17. The van der Waals surface area contributed by atoms with Gasteiger partial charge >= 0.3 is 0 Å². The van der Waals surface area contributed by atoms with Crippen molar-refractivity contribution in [3.63, 3.8) is 0 Å². The number of hydrogen-bond acceptors (Lipinski definition) is 7. The van der Waals surface area contributed by atoms with Gasteiger partial charge in [-0.1, -0.05) is 18.2 Å². The van der Waals surface area contributed by atoms with Crippen LogP contribution in [0.15, 0.2) is 46.7 Å². The third-order valence-electron chi connectivity index (χ3n) is 5.52. The number of aromatic nitrogens is 4. The zero-order chi connectivity index (χ0) is 20.7. The summed E-state index contributed by atoms with van der Waals surface area (Å²) in [5, 5.41) is 14.9. The van der Waals surface area contributed by atoms with Crippen molar-refractivity contribution >= 4 is 36.9 Å². The summed E-state index contributed by atoms with van der Waals surface area (Å²) in [4.78, 5) is 2.37. The Hall–Kier alpha value is -2.78. The lowest BCUT2D eigenvalue weighted by molar-refractivity contribution is 0.597. The molecule has 0 radical (unpaired) electrons. The fourth-order valence-corrected chi connectivity index (χ4v) is 7.23. The van der Waals surface area contributed by atoms with Crippen molar-refractivity contribution in [3.8, 4) is 11.4 Å². The van der Waals surface area contributed by atoms with Crippen LogP contribution in [0.1, 0.15) is 24.0 Å². The second-order valence-corrected chi connectivity index (χ2v) is 10.8. The number of rotatable bonds is 5. The van der Waals surface area contributed by atoms with Crippen molar-refractivity contribution in [2.24, 2.45) is 0 Å². The molecule has 1 aliphatic rings. The molecule has 4 aromatic rings. The number of thiophene rings is 1. The van der Waals surface area contributed by atoms with Gasteiger partial charge in [0.15, 0.2) is 9.84 Å². The van der Waals surface area contributed by atoms with E-state index in [0.29, 0.717) is 15.6 Å². The summed E-state index contributed by atoms with van der Waals surface area (Å²) in [6, 6.07) is 13.6. The van der Waals surface area contributed by atoms with Crippen LogP contribution in [0.25, 0.3) is 21.5 Å². The van der Waals surface area contributed by atoms with Crippen LogP contribution < -0.4 is 4.90 Å². The number of nitrogens with one attached hydrogen (secondary N) is 1. The zero-order valence-electron chi connectivity index (χ0n) is 16.5. The Balaban J connectivity index is 1.48. The Morgan fingerprint density at radius 3 is 2.73 bits per heavy atom. The Labute approximate surface area is 178 Å². The smallest absolute Gasteiger partial charge is 0.204 e. The molecule has 3 heterocycles. The fraction of sp³-hybridized carbons (Fsp3) is 0.286. The largest absolute Gasteiger partial charge is 0.372 e. The third kappa shape index (κ3) is 3.48. The van der Waals surface area contributed by atoms with E-state index in [0.717, 1.165) is 34.3 Å². The molecule has 0 spiro atoms. The molecule has 1 fully saturated rings. The highest BCUT2D eigenvalue weighted by Crippen LogP contribution is 2.38. The van der Waals surface area contributed by atoms with E-state index in [2.05, 4.69) is 43.7 Å². The van der Waals surface area contributed by atoms with Crippen LogP contribution in [-0.4, -0.2) is 42.1 Å². The van der Waals surface area contributed by atoms with Gasteiger partial charge < -0.3 is 4.90 Å². The molecule has 154 valence electrons. The molecule has 9 heteroatoms. The van der Waals surface area contributed by atoms with Gasteiger partial charge in [-0.25, -0.2) is 8.42 Å². The van der Waals surface area contributed by atoms with Crippen molar-refractivity contribution in [3.05, 3.63) is 53.6 Å². The second-order valence-electron chi connectivity index (χ2n) is 7.58. The topological polar surface area (TPSA) is 91.8 Å². The zero-order valence-corrected chi connectivity index (χ0v) is 18.1. The SMILES string of the molecule is Cc1c(S(=O)(=O)Cc2cccc(-c3nn[nH]n3)c2)sc2ccc(N3CCCC3)cc12. The van der Waals surface area contributed by atoms with Gasteiger partial charge in [-0.2, -0.15) is 5.21 Å². The van der Waals surface area contributed by atoms with E-state index < -0.39 is 9.84 Å². The molecule has 2 aromatic heterocycles. The molecule has 30 heavy (non-hydrogen) atoms. The van der Waals surface area contributed by atoms with Crippen molar-refractivity contribution in [2.45, 2.75) is 29.7 Å². The first-order valence-corrected chi connectivity index (χ1v) is 12.3. The number of anilines is 1. The number of H-pyrrole nitrogens is 1. The Morgan fingerprint density at radius 2 is 1.97 bits per heavy atom. The Bertz CT molecular complexity index is 1310. The Morgan fingerprint density at radius 1 is 1.13 bits per heavy atom. The number of aromatic amines is 1. The van der Waals surface area contributed by atoms with E-state index in [1.54, 1.807) is 6.07 Å². The van der Waals surface area contributed by atoms with Crippen LogP contribution in [0.2, 0.25) is 0 Å². The summed E-state index contributed by atoms with van der Waals surface area (Å²) in [6.45, 7) is 4.04. The van der Waals surface area contributed by atoms with E-state index >= 15 is 0 Å². The molecule has 0 atom stereocenters. The first kappa shape index (κ1) is 19.2. The van der Waals surface area contributed by atoms with Gasteiger partial charge in [0.25, 0.3) is 0 Å². The molecule has 0 amide bonds. The van der Waals surface area contributed by atoms with Gasteiger partial charge in [0.2, 0.25) is 5.82 Å². The summed E-state index contributed by atoms with van der Waals surface area (Å²) in [5.41, 5.74) is 3.45. The van der Waals surface area contributed by atoms with Gasteiger partial charge in [-0.15, -0.1) is 21.5 Å². The Kier molecular flexibility index (Phi) is 4.79. The molecule has 1 N–H and O–H groups in total. The minimum Gasteiger partial charge on any atom is -0.372 e. The van der Waals surface area contributed by atoms with Gasteiger partial charge in [0, 0.05) is 29.0 Å². The predicted octanol–water partition coefficient (Wildman–Crippen LogP) is 3.96. The molecule has 0 unspecified atom stereocenters. The molecular formula is C21H21N5O2S2. The highest BCUT2D eigenvalue weighted by atomic mass is 32.2. The summed E-state index contributed by atoms with van der Waals surface area (Å²) in [7, 11) is -3.48. The summed E-state index contributed by atoms with van der Waals surface area (Å²) in [5.74, 6) is 0.382. The monoisotopic (exact) mass is 439 g/mol. The molecule has 1 saturated heterocycles. The molecular weight excluding hydrogens is 418 g/mol. The molecule has 1 aliphatic heterocycles. The standard InChI is InChI=1S/C21H21N5O2S2/c1-14-18-12-17(26-9-2-3-10-26)7-8-19(18)29-21(14)30(27,28)13-15-5-4-6-16(11-15)20-22-24-25-23-20/h4-8,11-12H,2-3,9-10,13H2,1H3,(H,22,23,24,25). The van der Waals surface area contributed by atoms with Crippen molar-refractivity contribution in [1.82, 2.24) is 20.6 Å². The van der Waals surface area contributed by atoms with Crippen molar-refractivity contribution in [1.29, 1.82) is 0 Å². The van der Waals surface area contributed by atoms with Crippen LogP contribution in [0.3, 0.4) is 0 Å². The molecule has 0 bridgehead atoms. The van der Waals surface area contributed by atoms with Crippen molar-refractivity contribution < 1.29 is 8.42 Å². The van der Waals surface area contributed by atoms with Crippen LogP contribution in [0.5, 0.6) is 0 Å². The average Bonchev–Trinajstić information content (AvgIpc) is 3.50. The normalized spacial score (nSPS) is 14.6. The van der Waals surface area contributed by atoms with E-state index in [4.69, 9.17) is 0 Å². The van der Waals surface area contributed by atoms with E-state index in [9.17, 15) is 8.42 Å². The molecule has 2 aromatic carbocycles. The quantitative estimate of drug-likeness (QED) is 0.506. The van der Waals surface area contributed by atoms with Crippen LogP contribution >= 0.6 is 11.3 Å². The fourth-order valence-electron chi connectivity index (χ4n) is 4.02. The summed E-state index contributed by atoms with van der Waals surface area (Å²) < 4.78 is 28.0. The van der Waals surface area contributed by atoms with Gasteiger partial charge in [0.05, 0.1) is 5.75 Å². The molecule has 7 nitrogen and oxygen atoms in total. The number of benzene rings is 2. The third-order valence-corrected chi connectivity index (χ3v) is 9.18. The number of hydrogen-bond donors (Lipinski definition) is 1. The highest BCUT2D eigenvalue weighted by Gasteiger charge is 2.23. The predicted molar refractivity (Wildman–Crippen MR) is 119 cm³/mol. The second kappa shape index (κ2) is 7.48. The van der Waals surface area contributed by atoms with Gasteiger partial charge in [0.1, 0.15) is 4.21 Å². The minimum absolute atomic E-state index is 0.0642. The highest BCUT2D eigenvalue weighted by molar-refractivity contribution is 7.93. The first-order chi connectivity index (χ1) is 14.5. The lowest BCUT2D eigenvalue weighted by atomic mass is 10.1. The van der Waals surface area contributed by atoms with Crippen LogP contribution in [-0.2, 0) is 15.6 Å². The van der Waals surface area contributed by atoms with E-state index in [-0.39, 0.29) is 5.75 Å². The number of nitrogens with zero attached hydrogens (tertiary/aromatic N) is 4. The molecule has 0 aliphatic carbocycles. The maximum atomic E-state index is 13.3. The van der Waals surface area contributed by atoms with E-state index in [1.165, 1.54) is 29.9 Å². The van der Waals surface area contributed by atoms with Crippen molar-refractivity contribution in [2.75, 3.05) is 18.0 Å². The van der Waals surface area contributed by atoms with Crippen LogP contribution in [0.4, 0.5) is 5.69 Å². The van der Waals surface area contributed by atoms with E-state index in [1.807, 2.05) is 25.1 Å². The number of sulfone groups is 1. The maximum Gasteiger partial charge on any atom is 0.204 e. The molecule has 0 saturated carbocycles. The summed E-state index contributed by atoms with van der Waals surface area (Å²) in [6.07, 6.45) is 2.42. The minimum atomic E-state index is -3.48. The first-order valence-electron chi connectivity index (χ1n) is 9.85. The number of fused-ring (bicyclic) bond motifs is 1. The number of aryl methyl sites for hydroxylation is 1. The number of tetrazole rings is 1. The van der Waals surface area contributed by atoms with Gasteiger partial charge in [-0.3, -0.25) is 0 Å². The molecule has 5 rings (SSSR count). The maximum absolute atomic E-state index is 13.3. The summed E-state index contributed by atoms with van der Waals surface area (Å²) >= 11 is 1.36. The average molecular weight is 440 g/mol. The lowest BCUT2D eigenvalue weighted by Crippen LogP contribution is -2.17.